The van der Waals surface area contributed by atoms with Crippen molar-refractivity contribution < 1.29 is 28.6 Å². The van der Waals surface area contributed by atoms with Gasteiger partial charge in [-0.1, -0.05) is 30.3 Å². The number of carbonyl (C=O) groups excluding carboxylic acids is 2. The fourth-order valence-electron chi connectivity index (χ4n) is 4.27. The van der Waals surface area contributed by atoms with Crippen molar-refractivity contribution in [1.82, 2.24) is 20.9 Å². The van der Waals surface area contributed by atoms with Crippen LogP contribution in [-0.2, 0) is 20.9 Å². The number of guanidine groups is 1. The second-order valence-corrected chi connectivity index (χ2v) is 9.26. The molecule has 0 aliphatic carbocycles. The van der Waals surface area contributed by atoms with Gasteiger partial charge < -0.3 is 36.0 Å². The average molecular weight is 542 g/mol. The summed E-state index contributed by atoms with van der Waals surface area (Å²) in [6, 6.07) is 11.3. The Kier molecular flexibility index (Phi) is 9.48. The van der Waals surface area contributed by atoms with Gasteiger partial charge in [0.15, 0.2) is 12.3 Å². The quantitative estimate of drug-likeness (QED) is 0.299. The highest BCUT2D eigenvalue weighted by Crippen LogP contribution is 2.24. The van der Waals surface area contributed by atoms with Crippen LogP contribution in [0.5, 0.6) is 0 Å². The molecule has 1 saturated heterocycles. The zero-order valence-electron chi connectivity index (χ0n) is 21.3. The molecule has 208 valence electrons. The smallest absolute Gasteiger partial charge is 0.408 e. The van der Waals surface area contributed by atoms with Gasteiger partial charge in [-0.15, -0.1) is 0 Å². The molecule has 1 aromatic heterocycles. The van der Waals surface area contributed by atoms with E-state index in [1.165, 1.54) is 0 Å². The van der Waals surface area contributed by atoms with Gasteiger partial charge in [0, 0.05) is 56.5 Å². The number of ether oxygens (including phenoxy) is 1. The number of carboxylic acids is 1. The Morgan fingerprint density at radius 1 is 1.15 bits per heavy atom. The number of amides is 2. The number of pyridine rings is 1. The molecule has 2 aliphatic heterocycles. The van der Waals surface area contributed by atoms with Crippen molar-refractivity contribution in [2.45, 2.75) is 38.2 Å². The second-order valence-electron chi connectivity index (χ2n) is 9.26. The van der Waals surface area contributed by atoms with Crippen LogP contribution in [0.3, 0.4) is 0 Å². The van der Waals surface area contributed by atoms with Gasteiger partial charge >= 0.3 is 12.1 Å². The summed E-state index contributed by atoms with van der Waals surface area (Å²) in [5, 5.41) is 20.5. The number of aliphatic carboxylic acids is 1. The molecular formula is C26H32FN7O5. The number of hydrogen-bond acceptors (Lipinski definition) is 9. The van der Waals surface area contributed by atoms with E-state index < -0.39 is 24.4 Å². The lowest BCUT2D eigenvalue weighted by atomic mass is 9.95. The molecule has 39 heavy (non-hydrogen) atoms. The Balaban J connectivity index is 1.22. The van der Waals surface area contributed by atoms with Crippen LogP contribution in [0.2, 0.25) is 0 Å². The molecule has 2 aromatic rings. The first-order valence-electron chi connectivity index (χ1n) is 12.8. The number of rotatable bonds is 9. The van der Waals surface area contributed by atoms with Gasteiger partial charge in [-0.3, -0.25) is 4.79 Å². The van der Waals surface area contributed by atoms with Crippen molar-refractivity contribution in [3.63, 3.8) is 0 Å². The first-order valence-corrected chi connectivity index (χ1v) is 12.8. The van der Waals surface area contributed by atoms with E-state index in [4.69, 9.17) is 4.74 Å². The average Bonchev–Trinajstić information content (AvgIpc) is 2.94. The van der Waals surface area contributed by atoms with Gasteiger partial charge in [-0.2, -0.15) is 0 Å². The van der Waals surface area contributed by atoms with Gasteiger partial charge in [0.2, 0.25) is 5.91 Å². The summed E-state index contributed by atoms with van der Waals surface area (Å²) in [7, 11) is 0. The van der Waals surface area contributed by atoms with Crippen molar-refractivity contribution >= 4 is 35.4 Å². The van der Waals surface area contributed by atoms with Crippen molar-refractivity contribution in [2.75, 3.05) is 36.4 Å². The van der Waals surface area contributed by atoms with E-state index in [0.717, 1.165) is 17.1 Å². The molecule has 1 unspecified atom stereocenters. The Morgan fingerprint density at radius 2 is 1.92 bits per heavy atom. The number of carboxylic acid groups (broad SMARTS) is 1. The maximum Gasteiger partial charge on any atom is 0.408 e. The minimum Gasteiger partial charge on any atom is -0.480 e. The van der Waals surface area contributed by atoms with Crippen molar-refractivity contribution in [3.8, 4) is 0 Å². The second kappa shape index (κ2) is 13.4. The fourth-order valence-corrected chi connectivity index (χ4v) is 4.27. The first kappa shape index (κ1) is 27.6. The highest BCUT2D eigenvalue weighted by Gasteiger charge is 2.28. The number of benzene rings is 1. The van der Waals surface area contributed by atoms with Gasteiger partial charge in [0.25, 0.3) is 0 Å². The number of aromatic nitrogens is 1. The zero-order valence-corrected chi connectivity index (χ0v) is 21.3. The summed E-state index contributed by atoms with van der Waals surface area (Å²) < 4.78 is 18.6. The molecule has 0 radical (unpaired) electrons. The number of carbonyl (C=O) groups is 3. The highest BCUT2D eigenvalue weighted by molar-refractivity contribution is 5.94. The Hall–Kier alpha value is -4.42. The summed E-state index contributed by atoms with van der Waals surface area (Å²) in [6.07, 6.45) is 0.977. The summed E-state index contributed by atoms with van der Waals surface area (Å²) in [6.45, 7) is 1.39. The van der Waals surface area contributed by atoms with Gasteiger partial charge in [-0.25, -0.2) is 24.0 Å². The van der Waals surface area contributed by atoms with E-state index in [9.17, 15) is 23.9 Å². The molecule has 2 aliphatic rings. The normalized spacial score (nSPS) is 18.2. The molecule has 2 atom stereocenters. The van der Waals surface area contributed by atoms with Crippen LogP contribution in [0.1, 0.15) is 24.8 Å². The summed E-state index contributed by atoms with van der Waals surface area (Å²) in [4.78, 5) is 46.7. The summed E-state index contributed by atoms with van der Waals surface area (Å²) in [5.74, 6) is -0.760. The third kappa shape index (κ3) is 8.28. The molecule has 0 bridgehead atoms. The lowest BCUT2D eigenvalue weighted by Gasteiger charge is -2.32. The van der Waals surface area contributed by atoms with Crippen molar-refractivity contribution in [3.05, 3.63) is 54.2 Å². The van der Waals surface area contributed by atoms with Crippen LogP contribution in [0, 0.1) is 5.92 Å². The third-order valence-electron chi connectivity index (χ3n) is 6.43. The van der Waals surface area contributed by atoms with Crippen LogP contribution in [-0.4, -0.2) is 72.5 Å². The van der Waals surface area contributed by atoms with Crippen molar-refractivity contribution in [1.29, 1.82) is 0 Å². The minimum absolute atomic E-state index is 0.00149. The SMILES string of the molecule is O=C(N[C@@H](CNC(=O)C1CCN(c2cc(NC3=NC(F)CCN3)ccn2)CC1)C(=O)O)OCc1ccccc1. The molecule has 2 amide bonds. The number of aliphatic imine (C=N–C) groups is 1. The van der Waals surface area contributed by atoms with Crippen LogP contribution >= 0.6 is 0 Å². The van der Waals surface area contributed by atoms with Crippen LogP contribution in [0.15, 0.2) is 53.7 Å². The Bertz CT molecular complexity index is 1170. The van der Waals surface area contributed by atoms with Crippen LogP contribution in [0.25, 0.3) is 0 Å². The topological polar surface area (TPSA) is 157 Å². The van der Waals surface area contributed by atoms with Gasteiger partial charge in [0.05, 0.1) is 0 Å². The van der Waals surface area contributed by atoms with E-state index in [0.29, 0.717) is 44.9 Å². The fraction of sp³-hybridized carbons (Fsp3) is 0.423. The molecule has 1 fully saturated rings. The molecule has 4 rings (SSSR count). The molecule has 0 saturated carbocycles. The number of anilines is 2. The number of halogens is 1. The standard InChI is InChI=1S/C26H32FN7O5/c27-21-7-11-29-25(33-21)31-19-6-10-28-22(14-19)34-12-8-18(9-13-34)23(35)30-15-20(24(36)37)32-26(38)39-16-17-4-2-1-3-5-17/h1-6,10,14,18,20-21H,7-9,11-13,15-16H2,(H,30,35)(H,32,38)(H,36,37)(H2,28,29,31,33)/t20-,21?/m0/s1. The lowest BCUT2D eigenvalue weighted by molar-refractivity contribution is -0.139. The Morgan fingerprint density at radius 3 is 2.64 bits per heavy atom. The van der Waals surface area contributed by atoms with Gasteiger partial charge in [0.1, 0.15) is 18.5 Å². The minimum atomic E-state index is -1.33. The molecule has 1 aromatic carbocycles. The summed E-state index contributed by atoms with van der Waals surface area (Å²) >= 11 is 0. The first-order chi connectivity index (χ1) is 18.9. The van der Waals surface area contributed by atoms with Crippen LogP contribution in [0.4, 0.5) is 20.7 Å². The molecule has 3 heterocycles. The van der Waals surface area contributed by atoms with E-state index in [-0.39, 0.29) is 25.0 Å². The molecule has 0 spiro atoms. The van der Waals surface area contributed by atoms with Gasteiger partial charge in [-0.05, 0) is 24.5 Å². The monoisotopic (exact) mass is 541 g/mol. The lowest BCUT2D eigenvalue weighted by Crippen LogP contribution is -2.50. The van der Waals surface area contributed by atoms with E-state index >= 15 is 0 Å². The Labute approximate surface area is 225 Å². The summed E-state index contributed by atoms with van der Waals surface area (Å²) in [5.41, 5.74) is 1.48. The van der Waals surface area contributed by atoms with Crippen molar-refractivity contribution in [2.24, 2.45) is 10.9 Å². The number of nitrogens with one attached hydrogen (secondary N) is 4. The van der Waals surface area contributed by atoms with E-state index in [2.05, 4.69) is 31.2 Å². The molecular weight excluding hydrogens is 509 g/mol. The molecule has 12 nitrogen and oxygen atoms in total. The predicted molar refractivity (Wildman–Crippen MR) is 142 cm³/mol. The number of alkyl carbamates (subject to hydrolysis) is 1. The number of alkyl halides is 1. The maximum absolute atomic E-state index is 13.5. The zero-order chi connectivity index (χ0) is 27.6. The van der Waals surface area contributed by atoms with Crippen LogP contribution < -0.4 is 26.2 Å². The predicted octanol–water partition coefficient (Wildman–Crippen LogP) is 1.85. The highest BCUT2D eigenvalue weighted by atomic mass is 19.1. The van der Waals surface area contributed by atoms with E-state index in [1.807, 2.05) is 17.0 Å². The molecule has 13 heteroatoms. The number of hydrogen-bond donors (Lipinski definition) is 5. The molecule has 5 N–H and O–H groups in total. The maximum atomic E-state index is 13.5. The number of nitrogens with zero attached hydrogens (tertiary/aromatic N) is 3. The largest absolute Gasteiger partial charge is 0.480 e. The van der Waals surface area contributed by atoms with E-state index in [1.54, 1.807) is 36.5 Å². The third-order valence-corrected chi connectivity index (χ3v) is 6.43. The number of piperidine rings is 1.